The highest BCUT2D eigenvalue weighted by molar-refractivity contribution is 7.09. The lowest BCUT2D eigenvalue weighted by molar-refractivity contribution is -0.126. The molecule has 0 aliphatic carbocycles. The van der Waals surface area contributed by atoms with Crippen molar-refractivity contribution in [3.05, 3.63) is 46.5 Å². The molecule has 180 valence electrons. The average molecular weight is 474 g/mol. The summed E-state index contributed by atoms with van der Waals surface area (Å²) in [5.74, 6) is -0.766. The highest BCUT2D eigenvalue weighted by Gasteiger charge is 2.33. The van der Waals surface area contributed by atoms with Gasteiger partial charge in [0.15, 0.2) is 5.69 Å². The molecule has 3 amide bonds. The zero-order valence-electron chi connectivity index (χ0n) is 19.8. The molecule has 8 nitrogen and oxygen atoms in total. The van der Waals surface area contributed by atoms with Crippen molar-refractivity contribution in [2.24, 2.45) is 17.6 Å². The molecule has 2 aromatic rings. The summed E-state index contributed by atoms with van der Waals surface area (Å²) in [4.78, 5) is 40.1. The molecule has 0 spiro atoms. The molecule has 0 unspecified atom stereocenters. The zero-order chi connectivity index (χ0) is 24.5. The molecular weight excluding hydrogens is 438 g/mol. The van der Waals surface area contributed by atoms with E-state index in [9.17, 15) is 14.4 Å². The quantitative estimate of drug-likeness (QED) is 0.436. The van der Waals surface area contributed by atoms with E-state index in [-0.39, 0.29) is 28.1 Å². The summed E-state index contributed by atoms with van der Waals surface area (Å²) in [6.07, 6.45) is 1.92. The molecule has 1 atom stereocenters. The fourth-order valence-electron chi connectivity index (χ4n) is 3.48. The van der Waals surface area contributed by atoms with Gasteiger partial charge in [-0.05, 0) is 48.2 Å². The SMILES string of the molecule is CC(C)CCNC(=O)[C@@H](CC(C)C)N(CCc1ccccc1)C(=O)c1snc(C(N)=O)c1N. The highest BCUT2D eigenvalue weighted by atomic mass is 32.1. The number of aromatic nitrogens is 1. The van der Waals surface area contributed by atoms with Crippen LogP contribution in [-0.4, -0.2) is 46.1 Å². The van der Waals surface area contributed by atoms with Crippen molar-refractivity contribution in [3.8, 4) is 0 Å². The number of hydrogen-bond donors (Lipinski definition) is 3. The Labute approximate surface area is 199 Å². The van der Waals surface area contributed by atoms with Crippen LogP contribution in [-0.2, 0) is 11.2 Å². The van der Waals surface area contributed by atoms with Gasteiger partial charge in [0, 0.05) is 13.1 Å². The summed E-state index contributed by atoms with van der Waals surface area (Å²) in [6, 6.07) is 9.09. The highest BCUT2D eigenvalue weighted by Crippen LogP contribution is 2.25. The molecule has 0 bridgehead atoms. The second kappa shape index (κ2) is 12.3. The predicted octanol–water partition coefficient (Wildman–Crippen LogP) is 3.09. The molecule has 0 saturated carbocycles. The van der Waals surface area contributed by atoms with Crippen molar-refractivity contribution in [2.45, 2.75) is 53.0 Å². The van der Waals surface area contributed by atoms with E-state index in [0.717, 1.165) is 23.5 Å². The van der Waals surface area contributed by atoms with Crippen LogP contribution in [0.3, 0.4) is 0 Å². The largest absolute Gasteiger partial charge is 0.395 e. The number of benzene rings is 1. The lowest BCUT2D eigenvalue weighted by Crippen LogP contribution is -2.51. The first-order valence-corrected chi connectivity index (χ1v) is 12.1. The fourth-order valence-corrected chi connectivity index (χ4v) is 4.24. The molecule has 0 aliphatic rings. The number of nitrogen functional groups attached to an aromatic ring is 1. The molecule has 1 aromatic heterocycles. The summed E-state index contributed by atoms with van der Waals surface area (Å²) >= 11 is 0.834. The molecule has 33 heavy (non-hydrogen) atoms. The van der Waals surface area contributed by atoms with Crippen molar-refractivity contribution in [1.82, 2.24) is 14.6 Å². The van der Waals surface area contributed by atoms with Crippen LogP contribution >= 0.6 is 11.5 Å². The zero-order valence-corrected chi connectivity index (χ0v) is 20.7. The molecule has 0 saturated heterocycles. The Morgan fingerprint density at radius 1 is 1.09 bits per heavy atom. The lowest BCUT2D eigenvalue weighted by atomic mass is 10.00. The smallest absolute Gasteiger partial charge is 0.270 e. The van der Waals surface area contributed by atoms with Gasteiger partial charge in [-0.1, -0.05) is 58.0 Å². The maximum absolute atomic E-state index is 13.6. The van der Waals surface area contributed by atoms with E-state index in [2.05, 4.69) is 23.5 Å². The molecule has 2 rings (SSSR count). The molecule has 5 N–H and O–H groups in total. The summed E-state index contributed by atoms with van der Waals surface area (Å²) in [5.41, 5.74) is 12.3. The number of rotatable bonds is 12. The third-order valence-corrected chi connectivity index (χ3v) is 6.15. The van der Waals surface area contributed by atoms with Crippen molar-refractivity contribution in [2.75, 3.05) is 18.8 Å². The molecule has 9 heteroatoms. The fraction of sp³-hybridized carbons (Fsp3) is 0.500. The number of primary amides is 1. The molecule has 0 fully saturated rings. The molecule has 1 aromatic carbocycles. The number of nitrogens with zero attached hydrogens (tertiary/aromatic N) is 2. The normalized spacial score (nSPS) is 12.1. The van der Waals surface area contributed by atoms with E-state index >= 15 is 0 Å². The van der Waals surface area contributed by atoms with Crippen LogP contribution < -0.4 is 16.8 Å². The Morgan fingerprint density at radius 3 is 2.30 bits per heavy atom. The van der Waals surface area contributed by atoms with Crippen molar-refractivity contribution in [3.63, 3.8) is 0 Å². The number of carbonyl (C=O) groups is 3. The van der Waals surface area contributed by atoms with E-state index in [4.69, 9.17) is 11.5 Å². The second-order valence-corrected chi connectivity index (χ2v) is 9.76. The van der Waals surface area contributed by atoms with Gasteiger partial charge in [-0.15, -0.1) is 0 Å². The van der Waals surface area contributed by atoms with Gasteiger partial charge >= 0.3 is 0 Å². The molecule has 0 radical (unpaired) electrons. The van der Waals surface area contributed by atoms with Crippen LogP contribution in [0.5, 0.6) is 0 Å². The standard InChI is InChI=1S/C24H35N5O3S/c1-15(2)10-12-27-23(31)18(14-16(3)4)29(13-11-17-8-6-5-7-9-17)24(32)21-19(25)20(22(26)30)28-33-21/h5-9,15-16,18H,10-14,25H2,1-4H3,(H2,26,30)(H,27,31)/t18-/m1/s1. The molecular formula is C24H35N5O3S. The predicted molar refractivity (Wildman–Crippen MR) is 132 cm³/mol. The van der Waals surface area contributed by atoms with Crippen LogP contribution in [0, 0.1) is 11.8 Å². The van der Waals surface area contributed by atoms with Crippen LogP contribution in [0.4, 0.5) is 5.69 Å². The lowest BCUT2D eigenvalue weighted by Gasteiger charge is -2.32. The van der Waals surface area contributed by atoms with Crippen LogP contribution in [0.1, 0.15) is 66.3 Å². The summed E-state index contributed by atoms with van der Waals surface area (Å²) in [7, 11) is 0. The number of carbonyl (C=O) groups excluding carboxylic acids is 3. The van der Waals surface area contributed by atoms with Crippen LogP contribution in [0.25, 0.3) is 0 Å². The van der Waals surface area contributed by atoms with Gasteiger partial charge < -0.3 is 21.7 Å². The third-order valence-electron chi connectivity index (χ3n) is 5.30. The summed E-state index contributed by atoms with van der Waals surface area (Å²) < 4.78 is 3.97. The Balaban J connectivity index is 2.37. The molecule has 0 aliphatic heterocycles. The van der Waals surface area contributed by atoms with Gasteiger partial charge in [0.2, 0.25) is 5.91 Å². The maximum Gasteiger partial charge on any atom is 0.270 e. The van der Waals surface area contributed by atoms with Gasteiger partial charge in [-0.25, -0.2) is 0 Å². The number of nitrogens with one attached hydrogen (secondary N) is 1. The van der Waals surface area contributed by atoms with Crippen molar-refractivity contribution < 1.29 is 14.4 Å². The number of nitrogens with two attached hydrogens (primary N) is 2. The summed E-state index contributed by atoms with van der Waals surface area (Å²) in [6.45, 7) is 9.08. The van der Waals surface area contributed by atoms with Gasteiger partial charge in [0.05, 0.1) is 5.69 Å². The minimum absolute atomic E-state index is 0.0364. The first-order valence-electron chi connectivity index (χ1n) is 11.3. The van der Waals surface area contributed by atoms with Crippen molar-refractivity contribution >= 4 is 34.9 Å². The number of hydrogen-bond acceptors (Lipinski definition) is 6. The van der Waals surface area contributed by atoms with Crippen molar-refractivity contribution in [1.29, 1.82) is 0 Å². The van der Waals surface area contributed by atoms with E-state index in [1.807, 2.05) is 44.2 Å². The monoisotopic (exact) mass is 473 g/mol. The van der Waals surface area contributed by atoms with E-state index in [1.165, 1.54) is 0 Å². The van der Waals surface area contributed by atoms with Gasteiger partial charge in [0.1, 0.15) is 10.9 Å². The first-order chi connectivity index (χ1) is 15.6. The Bertz CT molecular complexity index is 943. The van der Waals surface area contributed by atoms with E-state index in [0.29, 0.717) is 31.8 Å². The maximum atomic E-state index is 13.6. The van der Waals surface area contributed by atoms with Gasteiger partial charge in [-0.2, -0.15) is 4.37 Å². The average Bonchev–Trinajstić information content (AvgIpc) is 3.14. The van der Waals surface area contributed by atoms with E-state index < -0.39 is 17.9 Å². The topological polar surface area (TPSA) is 131 Å². The van der Waals surface area contributed by atoms with Crippen LogP contribution in [0.15, 0.2) is 30.3 Å². The van der Waals surface area contributed by atoms with Crippen LogP contribution in [0.2, 0.25) is 0 Å². The minimum atomic E-state index is -0.788. The van der Waals surface area contributed by atoms with Gasteiger partial charge in [-0.3, -0.25) is 14.4 Å². The number of anilines is 1. The Morgan fingerprint density at radius 2 is 1.76 bits per heavy atom. The van der Waals surface area contributed by atoms with Gasteiger partial charge in [0.25, 0.3) is 11.8 Å². The molecule has 1 heterocycles. The minimum Gasteiger partial charge on any atom is -0.395 e. The Kier molecular flexibility index (Phi) is 9.84. The Hall–Kier alpha value is -2.94. The first kappa shape index (κ1) is 26.3. The third kappa shape index (κ3) is 7.56. The summed E-state index contributed by atoms with van der Waals surface area (Å²) in [5, 5.41) is 2.99. The van der Waals surface area contributed by atoms with E-state index in [1.54, 1.807) is 4.90 Å². The second-order valence-electron chi connectivity index (χ2n) is 8.99. The number of amides is 3.